The Balaban J connectivity index is 3.22. The molecule has 0 atom stereocenters. The van der Waals surface area contributed by atoms with Crippen LogP contribution < -0.4 is 5.73 Å². The maximum Gasteiger partial charge on any atom is 0.217 e. The lowest BCUT2D eigenvalue weighted by Crippen LogP contribution is -2.10. The number of carbonyl (C=O) groups is 1. The Labute approximate surface area is 69.2 Å². The average molecular weight is 157 g/mol. The van der Waals surface area contributed by atoms with E-state index >= 15 is 0 Å². The summed E-state index contributed by atoms with van der Waals surface area (Å²) >= 11 is 0. The fraction of sp³-hybridized carbons (Fsp3) is 0.889. The average Bonchev–Trinajstić information content (AvgIpc) is 1.78. The lowest BCUT2D eigenvalue weighted by atomic mass is 9.89. The summed E-state index contributed by atoms with van der Waals surface area (Å²) in [5.74, 6) is -0.182. The van der Waals surface area contributed by atoms with Gasteiger partial charge in [-0.2, -0.15) is 0 Å². The van der Waals surface area contributed by atoms with Gasteiger partial charge in [0, 0.05) is 6.42 Å². The lowest BCUT2D eigenvalue weighted by molar-refractivity contribution is -0.118. The molecule has 0 heterocycles. The molecule has 11 heavy (non-hydrogen) atoms. The zero-order valence-corrected chi connectivity index (χ0v) is 7.81. The van der Waals surface area contributed by atoms with Crippen LogP contribution in [-0.2, 0) is 4.79 Å². The normalized spacial score (nSPS) is 11.5. The van der Waals surface area contributed by atoms with E-state index in [0.717, 1.165) is 12.8 Å². The molecule has 0 aromatic heterocycles. The smallest absolute Gasteiger partial charge is 0.217 e. The van der Waals surface area contributed by atoms with E-state index < -0.39 is 0 Å². The predicted molar refractivity (Wildman–Crippen MR) is 47.1 cm³/mol. The topological polar surface area (TPSA) is 43.1 Å². The fourth-order valence-corrected chi connectivity index (χ4v) is 0.955. The second-order valence-corrected chi connectivity index (χ2v) is 4.23. The third kappa shape index (κ3) is 9.47. The van der Waals surface area contributed by atoms with Crippen LogP contribution in [0.1, 0.15) is 46.5 Å². The Morgan fingerprint density at radius 2 is 1.82 bits per heavy atom. The Hall–Kier alpha value is -0.530. The Morgan fingerprint density at radius 3 is 2.18 bits per heavy atom. The molecule has 1 amide bonds. The highest BCUT2D eigenvalue weighted by atomic mass is 16.1. The van der Waals surface area contributed by atoms with Gasteiger partial charge in [-0.25, -0.2) is 0 Å². The minimum atomic E-state index is -0.182. The van der Waals surface area contributed by atoms with Gasteiger partial charge < -0.3 is 5.73 Å². The summed E-state index contributed by atoms with van der Waals surface area (Å²) in [5, 5.41) is 0. The Bertz CT molecular complexity index is 124. The number of carbonyl (C=O) groups excluding carboxylic acids is 1. The predicted octanol–water partition coefficient (Wildman–Crippen LogP) is 2.08. The first kappa shape index (κ1) is 10.5. The van der Waals surface area contributed by atoms with Crippen LogP contribution in [0.4, 0.5) is 0 Å². The van der Waals surface area contributed by atoms with Gasteiger partial charge in [-0.3, -0.25) is 4.79 Å². The molecule has 0 fully saturated rings. The van der Waals surface area contributed by atoms with Crippen molar-refractivity contribution < 1.29 is 4.79 Å². The maximum absolute atomic E-state index is 10.3. The number of primary amides is 1. The molecular formula is C9H19NO. The third-order valence-electron chi connectivity index (χ3n) is 1.60. The molecule has 2 N–H and O–H groups in total. The minimum absolute atomic E-state index is 0.182. The SMILES string of the molecule is CC(C)(C)CCCCC(N)=O. The van der Waals surface area contributed by atoms with E-state index in [0.29, 0.717) is 11.8 Å². The van der Waals surface area contributed by atoms with Crippen molar-refractivity contribution in [1.82, 2.24) is 0 Å². The van der Waals surface area contributed by atoms with Gasteiger partial charge in [0.05, 0.1) is 0 Å². The van der Waals surface area contributed by atoms with Crippen LogP contribution in [0.2, 0.25) is 0 Å². The van der Waals surface area contributed by atoms with E-state index in [-0.39, 0.29) is 5.91 Å². The van der Waals surface area contributed by atoms with Crippen LogP contribution >= 0.6 is 0 Å². The van der Waals surface area contributed by atoms with Gasteiger partial charge in [-0.1, -0.05) is 27.2 Å². The first-order valence-electron chi connectivity index (χ1n) is 4.20. The molecule has 0 aromatic carbocycles. The molecule has 2 heteroatoms. The molecule has 0 aliphatic carbocycles. The molecule has 0 saturated heterocycles. The van der Waals surface area contributed by atoms with Crippen molar-refractivity contribution in [1.29, 1.82) is 0 Å². The molecule has 0 unspecified atom stereocenters. The van der Waals surface area contributed by atoms with Crippen molar-refractivity contribution in [3.8, 4) is 0 Å². The van der Waals surface area contributed by atoms with Gasteiger partial charge in [0.1, 0.15) is 0 Å². The van der Waals surface area contributed by atoms with Gasteiger partial charge >= 0.3 is 0 Å². The molecule has 0 aliphatic heterocycles. The number of rotatable bonds is 4. The first-order chi connectivity index (χ1) is 4.92. The second-order valence-electron chi connectivity index (χ2n) is 4.23. The number of nitrogens with two attached hydrogens (primary N) is 1. The number of hydrogen-bond acceptors (Lipinski definition) is 1. The fourth-order valence-electron chi connectivity index (χ4n) is 0.955. The Morgan fingerprint density at radius 1 is 1.27 bits per heavy atom. The van der Waals surface area contributed by atoms with Crippen molar-refractivity contribution in [3.63, 3.8) is 0 Å². The third-order valence-corrected chi connectivity index (χ3v) is 1.60. The maximum atomic E-state index is 10.3. The summed E-state index contributed by atoms with van der Waals surface area (Å²) in [6.45, 7) is 6.62. The van der Waals surface area contributed by atoms with E-state index in [9.17, 15) is 4.79 Å². The molecule has 66 valence electrons. The quantitative estimate of drug-likeness (QED) is 0.624. The van der Waals surface area contributed by atoms with Crippen LogP contribution in [0.3, 0.4) is 0 Å². The number of hydrogen-bond donors (Lipinski definition) is 1. The molecular weight excluding hydrogens is 138 g/mol. The van der Waals surface area contributed by atoms with Gasteiger partial charge in [-0.05, 0) is 18.3 Å². The highest BCUT2D eigenvalue weighted by Gasteiger charge is 2.08. The highest BCUT2D eigenvalue weighted by molar-refractivity contribution is 5.73. The Kier molecular flexibility index (Phi) is 4.16. The summed E-state index contributed by atoms with van der Waals surface area (Å²) < 4.78 is 0. The zero-order chi connectivity index (χ0) is 8.91. The minimum Gasteiger partial charge on any atom is -0.370 e. The van der Waals surface area contributed by atoms with Crippen molar-refractivity contribution in [2.24, 2.45) is 11.1 Å². The molecule has 0 aromatic rings. The highest BCUT2D eigenvalue weighted by Crippen LogP contribution is 2.21. The summed E-state index contributed by atoms with van der Waals surface area (Å²) in [7, 11) is 0. The van der Waals surface area contributed by atoms with Crippen LogP contribution in [0.15, 0.2) is 0 Å². The second kappa shape index (κ2) is 4.37. The summed E-state index contributed by atoms with van der Waals surface area (Å²) in [6, 6.07) is 0. The van der Waals surface area contributed by atoms with Crippen LogP contribution in [-0.4, -0.2) is 5.91 Å². The summed E-state index contributed by atoms with van der Waals surface area (Å²) in [6.07, 6.45) is 3.75. The largest absolute Gasteiger partial charge is 0.370 e. The van der Waals surface area contributed by atoms with Crippen LogP contribution in [0, 0.1) is 5.41 Å². The van der Waals surface area contributed by atoms with Gasteiger partial charge in [0.2, 0.25) is 5.91 Å². The van der Waals surface area contributed by atoms with E-state index in [4.69, 9.17) is 5.73 Å². The molecule has 2 nitrogen and oxygen atoms in total. The molecule has 0 rings (SSSR count). The molecule has 0 aliphatic rings. The summed E-state index contributed by atoms with van der Waals surface area (Å²) in [4.78, 5) is 10.3. The molecule has 0 saturated carbocycles. The van der Waals surface area contributed by atoms with Gasteiger partial charge in [0.25, 0.3) is 0 Å². The lowest BCUT2D eigenvalue weighted by Gasteiger charge is -2.16. The summed E-state index contributed by atoms with van der Waals surface area (Å²) in [5.41, 5.74) is 5.39. The number of amides is 1. The van der Waals surface area contributed by atoms with Gasteiger partial charge in [0.15, 0.2) is 0 Å². The standard InChI is InChI=1S/C9H19NO/c1-9(2,3)7-5-4-6-8(10)11/h4-7H2,1-3H3,(H2,10,11). The van der Waals surface area contributed by atoms with Crippen molar-refractivity contribution in [2.75, 3.05) is 0 Å². The molecule has 0 radical (unpaired) electrons. The van der Waals surface area contributed by atoms with Crippen LogP contribution in [0.5, 0.6) is 0 Å². The van der Waals surface area contributed by atoms with E-state index in [1.165, 1.54) is 6.42 Å². The van der Waals surface area contributed by atoms with E-state index in [1.807, 2.05) is 0 Å². The number of unbranched alkanes of at least 4 members (excludes halogenated alkanes) is 1. The van der Waals surface area contributed by atoms with Crippen LogP contribution in [0.25, 0.3) is 0 Å². The molecule has 0 bridgehead atoms. The van der Waals surface area contributed by atoms with E-state index in [1.54, 1.807) is 0 Å². The molecule has 0 spiro atoms. The van der Waals surface area contributed by atoms with Crippen molar-refractivity contribution in [2.45, 2.75) is 46.5 Å². The van der Waals surface area contributed by atoms with E-state index in [2.05, 4.69) is 20.8 Å². The van der Waals surface area contributed by atoms with Crippen molar-refractivity contribution in [3.05, 3.63) is 0 Å². The first-order valence-corrected chi connectivity index (χ1v) is 4.20. The van der Waals surface area contributed by atoms with Crippen molar-refractivity contribution >= 4 is 5.91 Å². The van der Waals surface area contributed by atoms with Gasteiger partial charge in [-0.15, -0.1) is 0 Å². The monoisotopic (exact) mass is 157 g/mol. The zero-order valence-electron chi connectivity index (χ0n) is 7.81.